The normalized spacial score (nSPS) is 10.3. The van der Waals surface area contributed by atoms with Crippen LogP contribution in [0, 0.1) is 10.6 Å². The van der Waals surface area contributed by atoms with Crippen molar-refractivity contribution in [3.8, 4) is 11.3 Å². The largest absolute Gasteiger partial charge is 0.365 e. The molecule has 7 heteroatoms. The molecule has 2 aromatic rings. The molecular weight excluding hydrogens is 257 g/mol. The van der Waals surface area contributed by atoms with Gasteiger partial charge in [0.15, 0.2) is 4.77 Å². The highest BCUT2D eigenvalue weighted by Crippen LogP contribution is 2.18. The van der Waals surface area contributed by atoms with Crippen LogP contribution in [0.5, 0.6) is 0 Å². The van der Waals surface area contributed by atoms with Crippen molar-refractivity contribution in [1.82, 2.24) is 9.97 Å². The maximum atomic E-state index is 12.8. The number of hydrogen-bond donors (Lipinski definition) is 3. The van der Waals surface area contributed by atoms with Crippen LogP contribution in [0.15, 0.2) is 29.1 Å². The summed E-state index contributed by atoms with van der Waals surface area (Å²) in [7, 11) is 0. The van der Waals surface area contributed by atoms with Crippen molar-refractivity contribution in [2.24, 2.45) is 5.73 Å². The van der Waals surface area contributed by atoms with Crippen molar-refractivity contribution in [1.29, 1.82) is 0 Å². The van der Waals surface area contributed by atoms with E-state index >= 15 is 0 Å². The number of primary amides is 1. The fraction of sp³-hybridized carbons (Fsp3) is 0. The standard InChI is InChI=1S/C11H8FN3O2S/c12-6-3-1-5(2-4-6)8-7(9(13)16)10(17)15-11(18)14-8/h1-4H,(H2,13,16)(H2,14,15,17,18). The van der Waals surface area contributed by atoms with Crippen molar-refractivity contribution in [3.63, 3.8) is 0 Å². The fourth-order valence-electron chi connectivity index (χ4n) is 1.55. The van der Waals surface area contributed by atoms with Gasteiger partial charge in [0.1, 0.15) is 11.4 Å². The first kappa shape index (κ1) is 12.2. The van der Waals surface area contributed by atoms with Crippen LogP contribution in [0.25, 0.3) is 11.3 Å². The summed E-state index contributed by atoms with van der Waals surface area (Å²) in [5.41, 5.74) is 4.85. The molecule has 0 spiro atoms. The lowest BCUT2D eigenvalue weighted by Gasteiger charge is -2.06. The molecule has 0 fully saturated rings. The molecule has 5 nitrogen and oxygen atoms in total. The van der Waals surface area contributed by atoms with Gasteiger partial charge in [0.2, 0.25) is 0 Å². The lowest BCUT2D eigenvalue weighted by Crippen LogP contribution is -2.25. The van der Waals surface area contributed by atoms with Gasteiger partial charge in [0.05, 0.1) is 5.69 Å². The second-order valence-corrected chi connectivity index (χ2v) is 3.94. The smallest absolute Gasteiger partial charge is 0.265 e. The molecule has 0 atom stereocenters. The summed E-state index contributed by atoms with van der Waals surface area (Å²) in [6.07, 6.45) is 0. The van der Waals surface area contributed by atoms with Crippen molar-refractivity contribution in [2.75, 3.05) is 0 Å². The minimum absolute atomic E-state index is 0.0596. The number of aromatic amines is 2. The second kappa shape index (κ2) is 4.53. The first-order valence-corrected chi connectivity index (χ1v) is 5.32. The van der Waals surface area contributed by atoms with E-state index in [0.29, 0.717) is 5.56 Å². The minimum atomic E-state index is -0.887. The zero-order valence-electron chi connectivity index (χ0n) is 8.99. The minimum Gasteiger partial charge on any atom is -0.365 e. The average Bonchev–Trinajstić information content (AvgIpc) is 2.28. The average molecular weight is 265 g/mol. The fourth-order valence-corrected chi connectivity index (χ4v) is 1.75. The van der Waals surface area contributed by atoms with Gasteiger partial charge in [-0.1, -0.05) is 0 Å². The Labute approximate surface area is 105 Å². The molecule has 0 aliphatic carbocycles. The van der Waals surface area contributed by atoms with Crippen LogP contribution in [-0.4, -0.2) is 15.9 Å². The predicted molar refractivity (Wildman–Crippen MR) is 66.2 cm³/mol. The molecule has 0 saturated carbocycles. The van der Waals surface area contributed by atoms with Crippen LogP contribution in [0.4, 0.5) is 4.39 Å². The Morgan fingerprint density at radius 2 is 1.83 bits per heavy atom. The molecule has 4 N–H and O–H groups in total. The number of rotatable bonds is 2. The summed E-state index contributed by atoms with van der Waals surface area (Å²) < 4.78 is 12.9. The molecule has 0 radical (unpaired) electrons. The van der Waals surface area contributed by atoms with Gasteiger partial charge in [0.25, 0.3) is 11.5 Å². The summed E-state index contributed by atoms with van der Waals surface area (Å²) in [6, 6.07) is 5.25. The maximum Gasteiger partial charge on any atom is 0.265 e. The number of nitrogens with one attached hydrogen (secondary N) is 2. The van der Waals surface area contributed by atoms with Crippen LogP contribution in [0.1, 0.15) is 10.4 Å². The summed E-state index contributed by atoms with van der Waals surface area (Å²) in [4.78, 5) is 27.8. The molecule has 1 amide bonds. The van der Waals surface area contributed by atoms with Crippen molar-refractivity contribution in [3.05, 3.63) is 50.8 Å². The topological polar surface area (TPSA) is 91.7 Å². The SMILES string of the molecule is NC(=O)c1c(-c2ccc(F)cc2)[nH]c(=S)[nH]c1=O. The molecule has 1 aromatic heterocycles. The number of amides is 1. The van der Waals surface area contributed by atoms with Gasteiger partial charge in [-0.25, -0.2) is 4.39 Å². The van der Waals surface area contributed by atoms with Gasteiger partial charge in [-0.3, -0.25) is 14.6 Å². The van der Waals surface area contributed by atoms with Gasteiger partial charge >= 0.3 is 0 Å². The van der Waals surface area contributed by atoms with Crippen LogP contribution < -0.4 is 11.3 Å². The first-order valence-electron chi connectivity index (χ1n) is 4.91. The van der Waals surface area contributed by atoms with Gasteiger partial charge in [-0.15, -0.1) is 0 Å². The van der Waals surface area contributed by atoms with E-state index in [4.69, 9.17) is 18.0 Å². The van der Waals surface area contributed by atoms with Gasteiger partial charge in [-0.2, -0.15) is 0 Å². The van der Waals surface area contributed by atoms with Crippen molar-refractivity contribution < 1.29 is 9.18 Å². The van der Waals surface area contributed by atoms with Crippen LogP contribution in [-0.2, 0) is 0 Å². The van der Waals surface area contributed by atoms with E-state index in [9.17, 15) is 14.0 Å². The Kier molecular flexibility index (Phi) is 3.07. The van der Waals surface area contributed by atoms with E-state index in [1.807, 2.05) is 0 Å². The third-order valence-electron chi connectivity index (χ3n) is 2.32. The molecule has 92 valence electrons. The highest BCUT2D eigenvalue weighted by Gasteiger charge is 2.15. The van der Waals surface area contributed by atoms with E-state index in [1.165, 1.54) is 24.3 Å². The zero-order valence-corrected chi connectivity index (χ0v) is 9.81. The van der Waals surface area contributed by atoms with Crippen molar-refractivity contribution in [2.45, 2.75) is 0 Å². The highest BCUT2D eigenvalue weighted by atomic mass is 32.1. The third-order valence-corrected chi connectivity index (χ3v) is 2.53. The van der Waals surface area contributed by atoms with Crippen LogP contribution >= 0.6 is 12.2 Å². The Balaban J connectivity index is 2.77. The van der Waals surface area contributed by atoms with Crippen LogP contribution in [0.2, 0.25) is 0 Å². The predicted octanol–water partition coefficient (Wildman–Crippen LogP) is 1.34. The molecule has 0 saturated heterocycles. The van der Waals surface area contributed by atoms with Gasteiger partial charge in [0, 0.05) is 0 Å². The Morgan fingerprint density at radius 1 is 1.22 bits per heavy atom. The molecule has 18 heavy (non-hydrogen) atoms. The Bertz CT molecular complexity index is 718. The number of aromatic nitrogens is 2. The number of H-pyrrole nitrogens is 2. The van der Waals surface area contributed by atoms with E-state index in [1.54, 1.807) is 0 Å². The second-order valence-electron chi connectivity index (χ2n) is 3.53. The number of nitrogens with two attached hydrogens (primary N) is 1. The van der Waals surface area contributed by atoms with E-state index in [2.05, 4.69) is 9.97 Å². The van der Waals surface area contributed by atoms with E-state index < -0.39 is 17.3 Å². The summed E-state index contributed by atoms with van der Waals surface area (Å²) in [5, 5.41) is 0. The van der Waals surface area contributed by atoms with Gasteiger partial charge in [-0.05, 0) is 42.0 Å². The lowest BCUT2D eigenvalue weighted by molar-refractivity contribution is 0.0999. The van der Waals surface area contributed by atoms with Gasteiger partial charge < -0.3 is 10.7 Å². The Morgan fingerprint density at radius 3 is 2.39 bits per heavy atom. The Hall–Kier alpha value is -2.28. The third kappa shape index (κ3) is 2.21. The van der Waals surface area contributed by atoms with Crippen LogP contribution in [0.3, 0.4) is 0 Å². The van der Waals surface area contributed by atoms with E-state index in [0.717, 1.165) is 0 Å². The first-order chi connectivity index (χ1) is 8.49. The summed E-state index contributed by atoms with van der Waals surface area (Å²) in [6.45, 7) is 0. The number of carbonyl (C=O) groups is 1. The number of hydrogen-bond acceptors (Lipinski definition) is 3. The lowest BCUT2D eigenvalue weighted by atomic mass is 10.1. The molecule has 0 aliphatic heterocycles. The number of halogens is 1. The molecule has 1 heterocycles. The maximum absolute atomic E-state index is 12.8. The molecule has 1 aromatic carbocycles. The summed E-state index contributed by atoms with van der Waals surface area (Å²) in [5.74, 6) is -1.32. The highest BCUT2D eigenvalue weighted by molar-refractivity contribution is 7.71. The monoisotopic (exact) mass is 265 g/mol. The van der Waals surface area contributed by atoms with Crippen molar-refractivity contribution >= 4 is 18.1 Å². The molecule has 0 aliphatic rings. The molecule has 0 unspecified atom stereocenters. The molecule has 0 bridgehead atoms. The zero-order chi connectivity index (χ0) is 13.3. The quantitative estimate of drug-likeness (QED) is 0.715. The molecule has 2 rings (SSSR count). The van der Waals surface area contributed by atoms with E-state index in [-0.39, 0.29) is 16.0 Å². The number of carbonyl (C=O) groups excluding carboxylic acids is 1. The number of benzene rings is 1. The summed E-state index contributed by atoms with van der Waals surface area (Å²) >= 11 is 4.82. The molecular formula is C11H8FN3O2S.